The molecule has 0 fully saturated rings. The highest BCUT2D eigenvalue weighted by atomic mass is 32.2. The lowest BCUT2D eigenvalue weighted by Gasteiger charge is -2.13. The molecule has 0 aromatic carbocycles. The van der Waals surface area contributed by atoms with Gasteiger partial charge in [0.2, 0.25) is 11.8 Å². The second-order valence-electron chi connectivity index (χ2n) is 4.11. The third-order valence-corrected chi connectivity index (χ3v) is 3.20. The molecule has 3 N–H and O–H groups in total. The Hall–Kier alpha value is -1.83. The molecule has 0 radical (unpaired) electrons. The van der Waals surface area contributed by atoms with Crippen LogP contribution in [0, 0.1) is 0 Å². The van der Waals surface area contributed by atoms with Crippen molar-refractivity contribution in [1.82, 2.24) is 20.6 Å². The molecule has 0 saturated heterocycles. The lowest BCUT2D eigenvalue weighted by atomic mass is 10.3. The highest BCUT2D eigenvalue weighted by Gasteiger charge is 2.15. The maximum atomic E-state index is 11.7. The number of hydrogen-bond donors (Lipinski definition) is 3. The zero-order valence-corrected chi connectivity index (χ0v) is 12.3. The van der Waals surface area contributed by atoms with Crippen molar-refractivity contribution in [1.29, 1.82) is 0 Å². The van der Waals surface area contributed by atoms with Crippen molar-refractivity contribution in [3.05, 3.63) is 22.6 Å². The van der Waals surface area contributed by atoms with Crippen molar-refractivity contribution in [3.8, 4) is 0 Å². The number of nitrogens with zero attached hydrogens (tertiary/aromatic N) is 1. The van der Waals surface area contributed by atoms with Crippen LogP contribution < -0.4 is 16.2 Å². The van der Waals surface area contributed by atoms with Crippen molar-refractivity contribution >= 4 is 23.6 Å². The molecular formula is C12H18N4O3S. The number of H-pyrrole nitrogens is 1. The predicted octanol–water partition coefficient (Wildman–Crippen LogP) is -0.107. The van der Waals surface area contributed by atoms with E-state index in [2.05, 4.69) is 20.6 Å². The molecule has 8 heteroatoms. The van der Waals surface area contributed by atoms with E-state index in [4.69, 9.17) is 0 Å². The molecule has 1 heterocycles. The van der Waals surface area contributed by atoms with Gasteiger partial charge >= 0.3 is 0 Å². The third kappa shape index (κ3) is 5.87. The topological polar surface area (TPSA) is 104 Å². The summed E-state index contributed by atoms with van der Waals surface area (Å²) in [6.07, 6.45) is 2.22. The first-order chi connectivity index (χ1) is 9.52. The third-order valence-electron chi connectivity index (χ3n) is 2.31. The lowest BCUT2D eigenvalue weighted by molar-refractivity contribution is -0.127. The zero-order valence-electron chi connectivity index (χ0n) is 11.4. The molecule has 20 heavy (non-hydrogen) atoms. The predicted molar refractivity (Wildman–Crippen MR) is 76.5 cm³/mol. The number of hydrogen-bond acceptors (Lipinski definition) is 5. The molecule has 1 atom stereocenters. The fourth-order valence-electron chi connectivity index (χ4n) is 1.31. The average Bonchev–Trinajstić information content (AvgIpc) is 2.42. The van der Waals surface area contributed by atoms with E-state index in [0.29, 0.717) is 11.7 Å². The van der Waals surface area contributed by atoms with Crippen LogP contribution in [0.25, 0.3) is 0 Å². The van der Waals surface area contributed by atoms with E-state index >= 15 is 0 Å². The van der Waals surface area contributed by atoms with Gasteiger partial charge in [-0.05, 0) is 13.3 Å². The van der Waals surface area contributed by atoms with E-state index in [9.17, 15) is 14.4 Å². The van der Waals surface area contributed by atoms with E-state index in [1.165, 1.54) is 12.3 Å². The minimum atomic E-state index is -0.586. The van der Waals surface area contributed by atoms with Crippen LogP contribution in [0.4, 0.5) is 0 Å². The fourth-order valence-corrected chi connectivity index (χ4v) is 1.97. The first kappa shape index (κ1) is 16.2. The summed E-state index contributed by atoms with van der Waals surface area (Å²) in [5.41, 5.74) is -0.268. The van der Waals surface area contributed by atoms with Crippen LogP contribution in [0.3, 0.4) is 0 Å². The quantitative estimate of drug-likeness (QED) is 0.481. The van der Waals surface area contributed by atoms with Gasteiger partial charge in [-0.25, -0.2) is 4.98 Å². The summed E-state index contributed by atoms with van der Waals surface area (Å²) >= 11 is 1.10. The molecule has 1 aromatic rings. The minimum absolute atomic E-state index is 0.0817. The molecule has 0 aliphatic rings. The maximum Gasteiger partial charge on any atom is 0.251 e. The van der Waals surface area contributed by atoms with Crippen LogP contribution in [0.2, 0.25) is 0 Å². The molecule has 7 nitrogen and oxygen atoms in total. The van der Waals surface area contributed by atoms with Crippen LogP contribution in [-0.4, -0.2) is 40.1 Å². The number of carbonyl (C=O) groups excluding carboxylic acids is 2. The van der Waals surface area contributed by atoms with Gasteiger partial charge in [0.05, 0.1) is 5.75 Å². The van der Waals surface area contributed by atoms with Crippen molar-refractivity contribution in [2.75, 3.05) is 12.3 Å². The van der Waals surface area contributed by atoms with Gasteiger partial charge in [-0.1, -0.05) is 18.7 Å². The minimum Gasteiger partial charge on any atom is -0.354 e. The molecule has 1 aromatic heterocycles. The average molecular weight is 298 g/mol. The number of thioether (sulfide) groups is 1. The van der Waals surface area contributed by atoms with Crippen LogP contribution in [0.1, 0.15) is 20.3 Å². The Bertz CT molecular complexity index is 517. The summed E-state index contributed by atoms with van der Waals surface area (Å²) in [7, 11) is 0. The highest BCUT2D eigenvalue weighted by Crippen LogP contribution is 2.08. The Balaban J connectivity index is 2.36. The number of amides is 2. The van der Waals surface area contributed by atoms with E-state index in [1.807, 2.05) is 6.92 Å². The highest BCUT2D eigenvalue weighted by molar-refractivity contribution is 7.99. The monoisotopic (exact) mass is 298 g/mol. The number of rotatable bonds is 7. The van der Waals surface area contributed by atoms with Gasteiger partial charge in [-0.3, -0.25) is 14.4 Å². The van der Waals surface area contributed by atoms with Gasteiger partial charge in [-0.2, -0.15) is 0 Å². The SMILES string of the molecule is CCCNC(=O)[C@H](C)NC(=O)CSc1nccc(=O)[nH]1. The summed E-state index contributed by atoms with van der Waals surface area (Å²) in [6, 6.07) is 0.710. The van der Waals surface area contributed by atoms with Crippen LogP contribution in [-0.2, 0) is 9.59 Å². The van der Waals surface area contributed by atoms with E-state index in [1.54, 1.807) is 6.92 Å². The first-order valence-electron chi connectivity index (χ1n) is 6.28. The second-order valence-corrected chi connectivity index (χ2v) is 5.07. The summed E-state index contributed by atoms with van der Waals surface area (Å²) in [5.74, 6) is -0.421. The standard InChI is InChI=1S/C12H18N4O3S/c1-3-5-13-11(19)8(2)15-10(18)7-20-12-14-6-4-9(17)16-12/h4,6,8H,3,5,7H2,1-2H3,(H,13,19)(H,15,18)(H,14,16,17)/t8-/m0/s1. The normalized spacial score (nSPS) is 11.7. The molecule has 0 aliphatic heterocycles. The molecule has 0 aliphatic carbocycles. The Morgan fingerprint density at radius 2 is 2.25 bits per heavy atom. The van der Waals surface area contributed by atoms with Gasteiger partial charge in [-0.15, -0.1) is 0 Å². The number of aromatic nitrogens is 2. The number of aromatic amines is 1. The molecule has 0 unspecified atom stereocenters. The summed E-state index contributed by atoms with van der Waals surface area (Å²) < 4.78 is 0. The van der Waals surface area contributed by atoms with Gasteiger partial charge < -0.3 is 15.6 Å². The van der Waals surface area contributed by atoms with E-state index in [0.717, 1.165) is 18.2 Å². The van der Waals surface area contributed by atoms with Gasteiger partial charge in [0.15, 0.2) is 5.16 Å². The summed E-state index contributed by atoms with van der Waals surface area (Å²) in [5, 5.41) is 5.65. The first-order valence-corrected chi connectivity index (χ1v) is 7.26. The van der Waals surface area contributed by atoms with E-state index < -0.39 is 6.04 Å². The Morgan fingerprint density at radius 3 is 2.90 bits per heavy atom. The summed E-state index contributed by atoms with van der Waals surface area (Å²) in [6.45, 7) is 4.16. The maximum absolute atomic E-state index is 11.7. The van der Waals surface area contributed by atoms with Gasteiger partial charge in [0, 0.05) is 18.8 Å². The molecule has 0 spiro atoms. The fraction of sp³-hybridized carbons (Fsp3) is 0.500. The number of carbonyl (C=O) groups is 2. The second kappa shape index (κ2) is 8.36. The van der Waals surface area contributed by atoms with Crippen molar-refractivity contribution < 1.29 is 9.59 Å². The Kier molecular flexibility index (Phi) is 6.78. The molecule has 2 amide bonds. The molecule has 1 rings (SSSR count). The van der Waals surface area contributed by atoms with Gasteiger partial charge in [0.1, 0.15) is 6.04 Å². The van der Waals surface area contributed by atoms with Crippen molar-refractivity contribution in [3.63, 3.8) is 0 Å². The van der Waals surface area contributed by atoms with Crippen LogP contribution in [0.15, 0.2) is 22.2 Å². The van der Waals surface area contributed by atoms with E-state index in [-0.39, 0.29) is 23.1 Å². The Morgan fingerprint density at radius 1 is 1.50 bits per heavy atom. The molecular weight excluding hydrogens is 280 g/mol. The van der Waals surface area contributed by atoms with Crippen LogP contribution >= 0.6 is 11.8 Å². The number of nitrogens with one attached hydrogen (secondary N) is 3. The molecule has 0 bridgehead atoms. The molecule has 110 valence electrons. The van der Waals surface area contributed by atoms with Crippen molar-refractivity contribution in [2.24, 2.45) is 0 Å². The Labute approximate surface area is 120 Å². The molecule has 0 saturated carbocycles. The van der Waals surface area contributed by atoms with Gasteiger partial charge in [0.25, 0.3) is 5.56 Å². The zero-order chi connectivity index (χ0) is 15.0. The van der Waals surface area contributed by atoms with Crippen molar-refractivity contribution in [2.45, 2.75) is 31.5 Å². The van der Waals surface area contributed by atoms with Crippen LogP contribution in [0.5, 0.6) is 0 Å². The lowest BCUT2D eigenvalue weighted by Crippen LogP contribution is -2.45. The summed E-state index contributed by atoms with van der Waals surface area (Å²) in [4.78, 5) is 40.7. The largest absolute Gasteiger partial charge is 0.354 e. The smallest absolute Gasteiger partial charge is 0.251 e.